The Morgan fingerprint density at radius 1 is 1.12 bits per heavy atom. The topological polar surface area (TPSA) is 112 Å². The number of rotatable bonds is 7. The Kier molecular flexibility index (Phi) is 6.34. The van der Waals surface area contributed by atoms with E-state index in [1.165, 1.54) is 59.5 Å². The number of nitrogens with zero attached hydrogens (tertiary/aromatic N) is 2. The fourth-order valence-electron chi connectivity index (χ4n) is 3.48. The van der Waals surface area contributed by atoms with Crippen molar-refractivity contribution in [2.75, 3.05) is 18.1 Å². The third-order valence-electron chi connectivity index (χ3n) is 5.08. The van der Waals surface area contributed by atoms with Crippen LogP contribution in [-0.4, -0.2) is 30.0 Å². The molecule has 1 aromatic heterocycles. The quantitative estimate of drug-likeness (QED) is 0.301. The fraction of sp³-hybridized carbons (Fsp3) is 0.217. The molecule has 0 fully saturated rings. The number of hydrogen-bond donors (Lipinski definition) is 0. The largest absolute Gasteiger partial charge is 0.486 e. The van der Waals surface area contributed by atoms with Gasteiger partial charge in [-0.15, -0.1) is 0 Å². The van der Waals surface area contributed by atoms with Gasteiger partial charge in [0.1, 0.15) is 23.9 Å². The van der Waals surface area contributed by atoms with E-state index in [0.717, 1.165) is 0 Å². The van der Waals surface area contributed by atoms with Crippen LogP contribution in [0.25, 0.3) is 0 Å². The number of furan rings is 1. The standard InChI is InChI=1S/C23H19FN2O7/c24-16-3-6-18(7-4-16)31-13-19-8-10-21(33-19)23(28)32-14-22(27)25-11-1-2-15-12-17(26(29)30)5-9-20(15)25/h3-10,12H,1-2,11,13-14H2. The lowest BCUT2D eigenvalue weighted by Gasteiger charge is -2.29. The summed E-state index contributed by atoms with van der Waals surface area (Å²) in [5, 5.41) is 11.0. The number of amides is 1. The van der Waals surface area contributed by atoms with Crippen LogP contribution in [0.3, 0.4) is 0 Å². The summed E-state index contributed by atoms with van der Waals surface area (Å²) in [4.78, 5) is 36.9. The van der Waals surface area contributed by atoms with E-state index in [1.807, 2.05) is 0 Å². The number of aryl methyl sites for hydroxylation is 1. The predicted octanol–water partition coefficient (Wildman–Crippen LogP) is 4.04. The van der Waals surface area contributed by atoms with Crippen LogP contribution < -0.4 is 9.64 Å². The van der Waals surface area contributed by atoms with E-state index in [1.54, 1.807) is 0 Å². The van der Waals surface area contributed by atoms with Crippen molar-refractivity contribution in [3.8, 4) is 5.75 Å². The number of ether oxygens (including phenoxy) is 2. The van der Waals surface area contributed by atoms with Gasteiger partial charge in [0.05, 0.1) is 4.92 Å². The average molecular weight is 454 g/mol. The molecule has 0 N–H and O–H groups in total. The normalized spacial score (nSPS) is 12.7. The van der Waals surface area contributed by atoms with Gasteiger partial charge in [0, 0.05) is 24.4 Å². The molecule has 9 nitrogen and oxygen atoms in total. The monoisotopic (exact) mass is 454 g/mol. The highest BCUT2D eigenvalue weighted by Crippen LogP contribution is 2.30. The van der Waals surface area contributed by atoms with Crippen LogP contribution in [0.4, 0.5) is 15.8 Å². The number of benzene rings is 2. The summed E-state index contributed by atoms with van der Waals surface area (Å²) in [5.41, 5.74) is 1.24. The van der Waals surface area contributed by atoms with E-state index in [0.29, 0.717) is 42.1 Å². The van der Waals surface area contributed by atoms with Gasteiger partial charge < -0.3 is 18.8 Å². The molecule has 170 valence electrons. The predicted molar refractivity (Wildman–Crippen MR) is 113 cm³/mol. The highest BCUT2D eigenvalue weighted by molar-refractivity contribution is 5.97. The van der Waals surface area contributed by atoms with Gasteiger partial charge in [-0.1, -0.05) is 0 Å². The highest BCUT2D eigenvalue weighted by Gasteiger charge is 2.25. The first-order valence-electron chi connectivity index (χ1n) is 10.1. The van der Waals surface area contributed by atoms with Gasteiger partial charge in [-0.25, -0.2) is 9.18 Å². The van der Waals surface area contributed by atoms with E-state index >= 15 is 0 Å². The van der Waals surface area contributed by atoms with Crippen molar-refractivity contribution in [3.63, 3.8) is 0 Å². The second-order valence-corrected chi connectivity index (χ2v) is 7.30. The van der Waals surface area contributed by atoms with E-state index in [9.17, 15) is 24.1 Å². The van der Waals surface area contributed by atoms with E-state index in [4.69, 9.17) is 13.9 Å². The molecule has 10 heteroatoms. The molecule has 0 aliphatic carbocycles. The minimum absolute atomic E-state index is 0.0224. The van der Waals surface area contributed by atoms with Crippen LogP contribution in [0.1, 0.15) is 28.3 Å². The maximum atomic E-state index is 12.9. The Labute approximate surface area is 187 Å². The Hall–Kier alpha value is -4.21. The first kappa shape index (κ1) is 22.0. The number of carbonyl (C=O) groups excluding carboxylic acids is 2. The number of hydrogen-bond acceptors (Lipinski definition) is 7. The first-order valence-corrected chi connectivity index (χ1v) is 10.1. The zero-order valence-electron chi connectivity index (χ0n) is 17.4. The summed E-state index contributed by atoms with van der Waals surface area (Å²) >= 11 is 0. The zero-order chi connectivity index (χ0) is 23.4. The van der Waals surface area contributed by atoms with Crippen molar-refractivity contribution in [2.45, 2.75) is 19.4 Å². The van der Waals surface area contributed by atoms with Crippen molar-refractivity contribution in [3.05, 3.63) is 87.6 Å². The van der Waals surface area contributed by atoms with Crippen LogP contribution in [0.15, 0.2) is 59.0 Å². The summed E-state index contributed by atoms with van der Waals surface area (Å²) in [6.07, 6.45) is 1.26. The molecule has 0 spiro atoms. The number of non-ortho nitro benzene ring substituents is 1. The number of anilines is 1. The zero-order valence-corrected chi connectivity index (χ0v) is 17.4. The molecule has 0 atom stereocenters. The van der Waals surface area contributed by atoms with Crippen LogP contribution in [0.2, 0.25) is 0 Å². The lowest BCUT2D eigenvalue weighted by Crippen LogP contribution is -2.38. The van der Waals surface area contributed by atoms with Crippen LogP contribution in [0, 0.1) is 15.9 Å². The molecular weight excluding hydrogens is 435 g/mol. The van der Waals surface area contributed by atoms with Crippen molar-refractivity contribution < 1.29 is 32.8 Å². The summed E-state index contributed by atoms with van der Waals surface area (Å²) in [6, 6.07) is 12.7. The number of halogens is 1. The SMILES string of the molecule is O=C(OCC(=O)N1CCCc2cc([N+](=O)[O-])ccc21)c1ccc(COc2ccc(F)cc2)o1. The van der Waals surface area contributed by atoms with Gasteiger partial charge >= 0.3 is 5.97 Å². The molecule has 0 saturated heterocycles. The molecule has 1 aliphatic rings. The number of esters is 1. The Bertz CT molecular complexity index is 1190. The Morgan fingerprint density at radius 3 is 2.67 bits per heavy atom. The summed E-state index contributed by atoms with van der Waals surface area (Å²) in [5.74, 6) is -0.926. The number of fused-ring (bicyclic) bond motifs is 1. The van der Waals surface area contributed by atoms with Gasteiger partial charge in [-0.3, -0.25) is 14.9 Å². The van der Waals surface area contributed by atoms with Crippen molar-refractivity contribution in [2.24, 2.45) is 0 Å². The lowest BCUT2D eigenvalue weighted by molar-refractivity contribution is -0.384. The Morgan fingerprint density at radius 2 is 1.91 bits per heavy atom. The molecule has 0 saturated carbocycles. The lowest BCUT2D eigenvalue weighted by atomic mass is 10.0. The molecule has 0 radical (unpaired) electrons. The summed E-state index contributed by atoms with van der Waals surface area (Å²) < 4.78 is 28.9. The minimum Gasteiger partial charge on any atom is -0.486 e. The molecular formula is C23H19FN2O7. The van der Waals surface area contributed by atoms with Gasteiger partial charge in [-0.05, 0) is 60.9 Å². The van der Waals surface area contributed by atoms with Crippen molar-refractivity contribution in [1.29, 1.82) is 0 Å². The third kappa shape index (κ3) is 5.17. The molecule has 2 heterocycles. The molecule has 3 aromatic rings. The molecule has 2 aromatic carbocycles. The fourth-order valence-corrected chi connectivity index (χ4v) is 3.48. The number of nitro benzene ring substituents is 1. The summed E-state index contributed by atoms with van der Waals surface area (Å²) in [7, 11) is 0. The van der Waals surface area contributed by atoms with Gasteiger partial charge in [0.15, 0.2) is 6.61 Å². The van der Waals surface area contributed by atoms with Gasteiger partial charge in [-0.2, -0.15) is 0 Å². The van der Waals surface area contributed by atoms with Crippen LogP contribution in [0.5, 0.6) is 5.75 Å². The highest BCUT2D eigenvalue weighted by atomic mass is 19.1. The van der Waals surface area contributed by atoms with E-state index in [2.05, 4.69) is 0 Å². The molecule has 1 amide bonds. The molecule has 0 bridgehead atoms. The van der Waals surface area contributed by atoms with Gasteiger partial charge in [0.25, 0.3) is 11.6 Å². The molecule has 4 rings (SSSR count). The second kappa shape index (κ2) is 9.51. The van der Waals surface area contributed by atoms with Crippen molar-refractivity contribution in [1.82, 2.24) is 0 Å². The Balaban J connectivity index is 1.32. The second-order valence-electron chi connectivity index (χ2n) is 7.30. The number of nitro groups is 1. The minimum atomic E-state index is -0.808. The van der Waals surface area contributed by atoms with Crippen LogP contribution >= 0.6 is 0 Å². The molecule has 0 unspecified atom stereocenters. The first-order chi connectivity index (χ1) is 15.9. The maximum Gasteiger partial charge on any atom is 0.374 e. The smallest absolute Gasteiger partial charge is 0.374 e. The number of carbonyl (C=O) groups is 2. The van der Waals surface area contributed by atoms with E-state index < -0.39 is 23.4 Å². The van der Waals surface area contributed by atoms with E-state index in [-0.39, 0.29) is 23.9 Å². The van der Waals surface area contributed by atoms with Crippen LogP contribution in [-0.2, 0) is 22.6 Å². The average Bonchev–Trinajstić information content (AvgIpc) is 3.30. The molecule has 1 aliphatic heterocycles. The summed E-state index contributed by atoms with van der Waals surface area (Å²) in [6.45, 7) is -0.0568. The maximum absolute atomic E-state index is 12.9. The van der Waals surface area contributed by atoms with Crippen molar-refractivity contribution >= 4 is 23.3 Å². The molecule has 33 heavy (non-hydrogen) atoms. The third-order valence-corrected chi connectivity index (χ3v) is 5.08. The van der Waals surface area contributed by atoms with Gasteiger partial charge in [0.2, 0.25) is 5.76 Å².